The fourth-order valence-corrected chi connectivity index (χ4v) is 3.96. The van der Waals surface area contributed by atoms with Crippen molar-refractivity contribution in [3.63, 3.8) is 0 Å². The van der Waals surface area contributed by atoms with Gasteiger partial charge in [0.2, 0.25) is 0 Å². The lowest BCUT2D eigenvalue weighted by Gasteiger charge is -2.45. The van der Waals surface area contributed by atoms with Gasteiger partial charge < -0.3 is 10.6 Å². The zero-order valence-electron chi connectivity index (χ0n) is 17.0. The van der Waals surface area contributed by atoms with Gasteiger partial charge in [-0.1, -0.05) is 66.7 Å². The summed E-state index contributed by atoms with van der Waals surface area (Å²) in [6, 6.07) is 0. The summed E-state index contributed by atoms with van der Waals surface area (Å²) in [4.78, 5) is 0. The third-order valence-corrected chi connectivity index (χ3v) is 5.51. The van der Waals surface area contributed by atoms with Gasteiger partial charge in [0.15, 0.2) is 0 Å². The molecule has 23 heavy (non-hydrogen) atoms. The van der Waals surface area contributed by atoms with Gasteiger partial charge in [0.1, 0.15) is 0 Å². The van der Waals surface area contributed by atoms with E-state index in [2.05, 4.69) is 17.6 Å². The first-order chi connectivity index (χ1) is 11.3. The molecule has 2 atom stereocenters. The Kier molecular flexibility index (Phi) is 15.4. The Bertz CT molecular complexity index is 210. The third kappa shape index (κ3) is 9.72. The van der Waals surface area contributed by atoms with Gasteiger partial charge in [-0.05, 0) is 69.6 Å². The Hall–Kier alpha value is -0.0800. The molecule has 3 rings (SSSR count). The van der Waals surface area contributed by atoms with Gasteiger partial charge in [-0.3, -0.25) is 0 Å². The zero-order valence-corrected chi connectivity index (χ0v) is 17.0. The second-order valence-electron chi connectivity index (χ2n) is 7.07. The largest absolute Gasteiger partial charge is 0.317 e. The molecule has 0 aromatic carbocycles. The first kappa shape index (κ1) is 22.9. The van der Waals surface area contributed by atoms with Crippen molar-refractivity contribution in [2.45, 2.75) is 98.8 Å². The summed E-state index contributed by atoms with van der Waals surface area (Å²) >= 11 is 0. The second-order valence-corrected chi connectivity index (χ2v) is 7.07. The molecule has 3 aliphatic rings. The first-order valence-corrected chi connectivity index (χ1v) is 10.7. The molecule has 0 amide bonds. The summed E-state index contributed by atoms with van der Waals surface area (Å²) in [6.45, 7) is 15.5. The van der Waals surface area contributed by atoms with Crippen LogP contribution in [0.2, 0.25) is 0 Å². The lowest BCUT2D eigenvalue weighted by atomic mass is 9.64. The van der Waals surface area contributed by atoms with Crippen LogP contribution in [-0.2, 0) is 0 Å². The highest BCUT2D eigenvalue weighted by Crippen LogP contribution is 2.44. The van der Waals surface area contributed by atoms with Crippen molar-refractivity contribution < 1.29 is 1.43 Å². The van der Waals surface area contributed by atoms with E-state index in [1.807, 2.05) is 27.7 Å². The predicted molar refractivity (Wildman–Crippen MR) is 108 cm³/mol. The molecule has 2 nitrogen and oxygen atoms in total. The Morgan fingerprint density at radius 1 is 0.696 bits per heavy atom. The maximum atomic E-state index is 3.51. The summed E-state index contributed by atoms with van der Waals surface area (Å²) in [6.07, 6.45) is 14.4. The van der Waals surface area contributed by atoms with Crippen molar-refractivity contribution in [2.24, 2.45) is 11.3 Å². The summed E-state index contributed by atoms with van der Waals surface area (Å²) in [5.74, 6) is 0.991. The van der Waals surface area contributed by atoms with E-state index in [4.69, 9.17) is 0 Å². The molecule has 2 unspecified atom stereocenters. The SMILES string of the molecule is C1CCCNCCC1.CC.CC.CC12CCCCC1CNCC2.[HH]. The molecule has 3 fully saturated rings. The van der Waals surface area contributed by atoms with Crippen LogP contribution in [0.1, 0.15) is 100 Å². The molecular formula is C21H48N2. The van der Waals surface area contributed by atoms with E-state index in [0.717, 1.165) is 5.92 Å². The highest BCUT2D eigenvalue weighted by Gasteiger charge is 2.37. The number of piperidine rings is 1. The quantitative estimate of drug-likeness (QED) is 0.568. The number of hydrogen-bond acceptors (Lipinski definition) is 2. The molecule has 2 N–H and O–H groups in total. The van der Waals surface area contributed by atoms with E-state index in [1.54, 1.807) is 0 Å². The van der Waals surface area contributed by atoms with E-state index < -0.39 is 0 Å². The van der Waals surface area contributed by atoms with Crippen molar-refractivity contribution in [1.29, 1.82) is 0 Å². The molecule has 1 aliphatic carbocycles. The van der Waals surface area contributed by atoms with Crippen LogP contribution in [-0.4, -0.2) is 26.2 Å². The van der Waals surface area contributed by atoms with Crippen molar-refractivity contribution in [3.8, 4) is 0 Å². The number of nitrogens with one attached hydrogen (secondary N) is 2. The minimum Gasteiger partial charge on any atom is -0.317 e. The van der Waals surface area contributed by atoms with Gasteiger partial charge in [-0.25, -0.2) is 0 Å². The number of hydrogen-bond donors (Lipinski definition) is 2. The number of rotatable bonds is 0. The molecule has 2 heteroatoms. The van der Waals surface area contributed by atoms with Gasteiger partial charge >= 0.3 is 0 Å². The van der Waals surface area contributed by atoms with Crippen LogP contribution in [0.5, 0.6) is 0 Å². The molecular weight excluding hydrogens is 280 g/mol. The van der Waals surface area contributed by atoms with Crippen molar-refractivity contribution >= 4 is 0 Å². The van der Waals surface area contributed by atoms with Crippen LogP contribution in [0.25, 0.3) is 0 Å². The maximum absolute atomic E-state index is 3.51. The fourth-order valence-electron chi connectivity index (χ4n) is 3.96. The molecule has 0 aromatic heterocycles. The van der Waals surface area contributed by atoms with E-state index in [-0.39, 0.29) is 1.43 Å². The third-order valence-electron chi connectivity index (χ3n) is 5.51. The van der Waals surface area contributed by atoms with Gasteiger partial charge in [0, 0.05) is 1.43 Å². The molecule has 2 aliphatic heterocycles. The van der Waals surface area contributed by atoms with Crippen LogP contribution < -0.4 is 10.6 Å². The average molecular weight is 329 g/mol. The molecule has 0 radical (unpaired) electrons. The molecule has 0 bridgehead atoms. The summed E-state index contributed by atoms with van der Waals surface area (Å²) < 4.78 is 0. The average Bonchev–Trinajstić information content (AvgIpc) is 2.58. The fraction of sp³-hybridized carbons (Fsp3) is 1.00. The monoisotopic (exact) mass is 328 g/mol. The Labute approximate surface area is 149 Å². The number of fused-ring (bicyclic) bond motifs is 1. The smallest absolute Gasteiger partial charge is 0 e. The molecule has 1 saturated carbocycles. The van der Waals surface area contributed by atoms with Crippen LogP contribution in [0.4, 0.5) is 0 Å². The minimum atomic E-state index is 0. The lowest BCUT2D eigenvalue weighted by molar-refractivity contribution is 0.0771. The molecule has 0 aromatic rings. The maximum Gasteiger partial charge on any atom is 0 e. The van der Waals surface area contributed by atoms with E-state index in [0.29, 0.717) is 5.41 Å². The zero-order chi connectivity index (χ0) is 17.4. The second kappa shape index (κ2) is 15.4. The van der Waals surface area contributed by atoms with Crippen molar-refractivity contribution in [2.75, 3.05) is 26.2 Å². The minimum absolute atomic E-state index is 0. The highest BCUT2D eigenvalue weighted by atomic mass is 14.9. The first-order valence-electron chi connectivity index (χ1n) is 10.7. The van der Waals surface area contributed by atoms with E-state index in [1.165, 1.54) is 90.4 Å². The Morgan fingerprint density at radius 3 is 1.91 bits per heavy atom. The highest BCUT2D eigenvalue weighted by molar-refractivity contribution is 4.90. The van der Waals surface area contributed by atoms with E-state index in [9.17, 15) is 0 Å². The summed E-state index contributed by atoms with van der Waals surface area (Å²) in [5.41, 5.74) is 0.712. The van der Waals surface area contributed by atoms with Gasteiger partial charge in [0.05, 0.1) is 0 Å². The van der Waals surface area contributed by atoms with Gasteiger partial charge in [-0.2, -0.15) is 0 Å². The topological polar surface area (TPSA) is 24.1 Å². The predicted octanol–water partition coefficient (Wildman–Crippen LogP) is 6.01. The molecule has 2 saturated heterocycles. The molecule has 0 spiro atoms. The standard InChI is InChI=1S/C10H19N.C7H15N.2C2H6.H2/c1-10-5-3-2-4-9(10)8-11-7-6-10;1-2-4-6-8-7-5-3-1;2*1-2;/h9,11H,2-8H2,1H3;8H,1-7H2;2*1-2H3;1H. The van der Waals surface area contributed by atoms with Crippen molar-refractivity contribution in [1.82, 2.24) is 10.6 Å². The van der Waals surface area contributed by atoms with Crippen LogP contribution in [0, 0.1) is 11.3 Å². The summed E-state index contributed by atoms with van der Waals surface area (Å²) in [5, 5.41) is 6.90. The van der Waals surface area contributed by atoms with Crippen molar-refractivity contribution in [3.05, 3.63) is 0 Å². The van der Waals surface area contributed by atoms with Gasteiger partial charge in [-0.15, -0.1) is 0 Å². The van der Waals surface area contributed by atoms with Crippen LogP contribution in [0.15, 0.2) is 0 Å². The normalized spacial score (nSPS) is 30.4. The lowest BCUT2D eigenvalue weighted by Crippen LogP contribution is -2.45. The molecule has 2 heterocycles. The van der Waals surface area contributed by atoms with E-state index >= 15 is 0 Å². The van der Waals surface area contributed by atoms with Gasteiger partial charge in [0.25, 0.3) is 0 Å². The summed E-state index contributed by atoms with van der Waals surface area (Å²) in [7, 11) is 0. The van der Waals surface area contributed by atoms with Crippen LogP contribution in [0.3, 0.4) is 0 Å². The molecule has 142 valence electrons. The Morgan fingerprint density at radius 2 is 1.30 bits per heavy atom. The van der Waals surface area contributed by atoms with Crippen LogP contribution >= 0.6 is 0 Å². The Balaban J connectivity index is 0.